The molecule has 0 spiro atoms. The maximum Gasteiger partial charge on any atom is 0.243 e. The van der Waals surface area contributed by atoms with Crippen molar-refractivity contribution in [2.45, 2.75) is 44.3 Å². The molecule has 12 heteroatoms. The molecule has 9 nitrogen and oxygen atoms in total. The Morgan fingerprint density at radius 3 is 2.57 bits per heavy atom. The number of nitrogens with zero attached hydrogens (tertiary/aromatic N) is 2. The van der Waals surface area contributed by atoms with Crippen molar-refractivity contribution in [2.75, 3.05) is 19.6 Å². The topological polar surface area (TPSA) is 116 Å². The van der Waals surface area contributed by atoms with E-state index in [1.54, 1.807) is 12.1 Å². The molecule has 2 aliphatic rings. The van der Waals surface area contributed by atoms with Crippen molar-refractivity contribution in [2.24, 2.45) is 0 Å². The highest BCUT2D eigenvalue weighted by Crippen LogP contribution is 2.23. The first-order valence-corrected chi connectivity index (χ1v) is 14.8. The fraction of sp³-hybridized carbons (Fsp3) is 0.400. The lowest BCUT2D eigenvalue weighted by Crippen LogP contribution is -2.55. The van der Waals surface area contributed by atoms with Gasteiger partial charge in [0.15, 0.2) is 0 Å². The smallest absolute Gasteiger partial charge is 0.243 e. The fourth-order valence-corrected chi connectivity index (χ4v) is 6.58. The number of hydrogen-bond acceptors (Lipinski definition) is 6. The third-order valence-corrected chi connectivity index (χ3v) is 8.66. The van der Waals surface area contributed by atoms with E-state index in [2.05, 4.69) is 10.0 Å². The monoisotopic (exact) mass is 564 g/mol. The third-order valence-electron chi connectivity index (χ3n) is 6.35. The molecular formula is C25H29ClN4O5S2. The number of rotatable bonds is 9. The summed E-state index contributed by atoms with van der Waals surface area (Å²) < 4.78 is 28.0. The average Bonchev–Trinajstić information content (AvgIpc) is 3.54. The van der Waals surface area contributed by atoms with Crippen molar-refractivity contribution >= 4 is 56.8 Å². The molecule has 0 radical (unpaired) electrons. The van der Waals surface area contributed by atoms with Crippen molar-refractivity contribution < 1.29 is 22.8 Å². The number of carbonyl (C=O) groups excluding carboxylic acids is 3. The minimum Gasteiger partial charge on any atom is -0.350 e. The highest BCUT2D eigenvalue weighted by atomic mass is 35.5. The molecule has 0 unspecified atom stereocenters. The molecule has 0 aliphatic carbocycles. The van der Waals surface area contributed by atoms with E-state index in [0.717, 1.165) is 11.0 Å². The van der Waals surface area contributed by atoms with Crippen LogP contribution in [0.3, 0.4) is 0 Å². The number of carbonyl (C=O) groups is 3. The van der Waals surface area contributed by atoms with Gasteiger partial charge in [0.05, 0.1) is 10.9 Å². The second kappa shape index (κ2) is 12.2. The molecule has 4 rings (SSSR count). The Labute approximate surface area is 225 Å². The first kappa shape index (κ1) is 27.3. The van der Waals surface area contributed by atoms with Crippen LogP contribution in [0.2, 0.25) is 4.34 Å². The molecule has 198 valence electrons. The number of amides is 3. The molecule has 2 atom stereocenters. The average molecular weight is 565 g/mol. The third kappa shape index (κ3) is 7.41. The van der Waals surface area contributed by atoms with Crippen LogP contribution in [0, 0.1) is 0 Å². The van der Waals surface area contributed by atoms with E-state index >= 15 is 0 Å². The van der Waals surface area contributed by atoms with Crippen molar-refractivity contribution in [3.63, 3.8) is 0 Å². The maximum atomic E-state index is 13.1. The molecule has 37 heavy (non-hydrogen) atoms. The van der Waals surface area contributed by atoms with Crippen LogP contribution in [0.4, 0.5) is 0 Å². The second-order valence-corrected chi connectivity index (χ2v) is 12.4. The van der Waals surface area contributed by atoms with Gasteiger partial charge in [0.2, 0.25) is 27.7 Å². The number of sulfonamides is 1. The number of nitrogens with one attached hydrogen (secondary N) is 2. The summed E-state index contributed by atoms with van der Waals surface area (Å²) in [6, 6.07) is 11.4. The molecule has 2 saturated heterocycles. The highest BCUT2D eigenvalue weighted by molar-refractivity contribution is 7.92. The van der Waals surface area contributed by atoms with E-state index in [1.165, 1.54) is 27.2 Å². The summed E-state index contributed by atoms with van der Waals surface area (Å²) in [5, 5.41) is 3.90. The molecule has 2 aliphatic heterocycles. The van der Waals surface area contributed by atoms with Gasteiger partial charge >= 0.3 is 0 Å². The number of hydrogen-bond donors (Lipinski definition) is 2. The van der Waals surface area contributed by atoms with E-state index in [9.17, 15) is 22.8 Å². The normalized spacial score (nSPS) is 20.5. The van der Waals surface area contributed by atoms with Gasteiger partial charge in [-0.2, -0.15) is 4.72 Å². The molecule has 1 aromatic heterocycles. The first-order chi connectivity index (χ1) is 17.7. The SMILES string of the molecule is O=C(NCc1ccccc1)[C@H]1CCCN1C(=O)CN1CCC[C@H](NS(=O)(=O)/C=C/c2ccc(Cl)s2)C1=O. The molecule has 2 fully saturated rings. The highest BCUT2D eigenvalue weighted by Gasteiger charge is 2.37. The molecular weight excluding hydrogens is 536 g/mol. The van der Waals surface area contributed by atoms with E-state index in [1.807, 2.05) is 30.3 Å². The minimum atomic E-state index is -3.88. The standard InChI is InChI=1S/C25H29ClN4O5S2/c26-22-11-10-19(36-22)12-15-37(34,35)28-20-8-4-13-29(25(20)33)17-23(31)30-14-5-9-21(30)24(32)27-16-18-6-2-1-3-7-18/h1-3,6-7,10-12,15,20-21,28H,4-5,8-9,13-14,16-17H2,(H,27,32)/b15-12+/t20-,21+/m0/s1. The summed E-state index contributed by atoms with van der Waals surface area (Å²) in [6.45, 7) is 0.977. The Morgan fingerprint density at radius 1 is 1.08 bits per heavy atom. The number of piperidine rings is 1. The summed E-state index contributed by atoms with van der Waals surface area (Å²) in [7, 11) is -3.88. The van der Waals surface area contributed by atoms with Crippen molar-refractivity contribution in [1.29, 1.82) is 0 Å². The molecule has 0 saturated carbocycles. The van der Waals surface area contributed by atoms with Gasteiger partial charge < -0.3 is 15.1 Å². The Kier molecular flexibility index (Phi) is 9.01. The van der Waals surface area contributed by atoms with Gasteiger partial charge in [-0.05, 0) is 49.5 Å². The van der Waals surface area contributed by atoms with Crippen LogP contribution in [-0.4, -0.2) is 67.7 Å². The Hall–Kier alpha value is -2.73. The zero-order chi connectivity index (χ0) is 26.4. The predicted molar refractivity (Wildman–Crippen MR) is 143 cm³/mol. The molecule has 2 N–H and O–H groups in total. The lowest BCUT2D eigenvalue weighted by atomic mass is 10.1. The Morgan fingerprint density at radius 2 is 1.84 bits per heavy atom. The van der Waals surface area contributed by atoms with Crippen LogP contribution in [-0.2, 0) is 31.0 Å². The lowest BCUT2D eigenvalue weighted by molar-refractivity contribution is -0.145. The van der Waals surface area contributed by atoms with Crippen LogP contribution in [0.1, 0.15) is 36.1 Å². The maximum absolute atomic E-state index is 13.1. The molecule has 0 bridgehead atoms. The van der Waals surface area contributed by atoms with Gasteiger partial charge in [-0.3, -0.25) is 14.4 Å². The van der Waals surface area contributed by atoms with Gasteiger partial charge in [0.1, 0.15) is 12.1 Å². The largest absolute Gasteiger partial charge is 0.350 e. The zero-order valence-electron chi connectivity index (χ0n) is 20.1. The van der Waals surface area contributed by atoms with Gasteiger partial charge in [-0.1, -0.05) is 41.9 Å². The minimum absolute atomic E-state index is 0.191. The van der Waals surface area contributed by atoms with E-state index in [4.69, 9.17) is 11.6 Å². The van der Waals surface area contributed by atoms with E-state index < -0.39 is 28.0 Å². The molecule has 1 aromatic carbocycles. The van der Waals surface area contributed by atoms with Crippen LogP contribution in [0.15, 0.2) is 47.9 Å². The van der Waals surface area contributed by atoms with Gasteiger partial charge in [-0.25, -0.2) is 8.42 Å². The Bertz CT molecular complexity index is 1260. The molecule has 3 heterocycles. The van der Waals surface area contributed by atoms with Crippen LogP contribution in [0.5, 0.6) is 0 Å². The number of thiophene rings is 1. The Balaban J connectivity index is 1.32. The fourth-order valence-electron chi connectivity index (χ4n) is 4.51. The van der Waals surface area contributed by atoms with Gasteiger partial charge in [0, 0.05) is 29.9 Å². The number of likely N-dealkylation sites (tertiary alicyclic amines) is 2. The summed E-state index contributed by atoms with van der Waals surface area (Å²) in [5.74, 6) is -0.979. The summed E-state index contributed by atoms with van der Waals surface area (Å²) in [4.78, 5) is 42.5. The van der Waals surface area contributed by atoms with Crippen molar-refractivity contribution in [1.82, 2.24) is 19.8 Å². The first-order valence-electron chi connectivity index (χ1n) is 12.1. The number of benzene rings is 1. The van der Waals surface area contributed by atoms with Crippen LogP contribution in [0.25, 0.3) is 6.08 Å². The summed E-state index contributed by atoms with van der Waals surface area (Å²) >= 11 is 7.11. The van der Waals surface area contributed by atoms with E-state index in [0.29, 0.717) is 54.5 Å². The summed E-state index contributed by atoms with van der Waals surface area (Å²) in [6.07, 6.45) is 3.58. The van der Waals surface area contributed by atoms with Gasteiger partial charge in [-0.15, -0.1) is 11.3 Å². The molecule has 3 amide bonds. The van der Waals surface area contributed by atoms with Gasteiger partial charge in [0.25, 0.3) is 0 Å². The summed E-state index contributed by atoms with van der Waals surface area (Å²) in [5.41, 5.74) is 0.966. The molecule has 2 aromatic rings. The van der Waals surface area contributed by atoms with Crippen LogP contribution >= 0.6 is 22.9 Å². The number of halogens is 1. The van der Waals surface area contributed by atoms with E-state index in [-0.39, 0.29) is 18.4 Å². The quantitative estimate of drug-likeness (QED) is 0.486. The van der Waals surface area contributed by atoms with Crippen molar-refractivity contribution in [3.05, 3.63) is 62.6 Å². The van der Waals surface area contributed by atoms with Crippen LogP contribution < -0.4 is 10.0 Å². The van der Waals surface area contributed by atoms with Crippen molar-refractivity contribution in [3.8, 4) is 0 Å². The second-order valence-electron chi connectivity index (χ2n) is 9.01. The predicted octanol–water partition coefficient (Wildman–Crippen LogP) is 2.59. The lowest BCUT2D eigenvalue weighted by Gasteiger charge is -2.33. The zero-order valence-corrected chi connectivity index (χ0v) is 22.5.